The second-order valence-electron chi connectivity index (χ2n) is 9.79. The first kappa shape index (κ1) is 33.4. The van der Waals surface area contributed by atoms with Gasteiger partial charge >= 0.3 is 0 Å². The van der Waals surface area contributed by atoms with Gasteiger partial charge < -0.3 is 10.6 Å². The van der Waals surface area contributed by atoms with Gasteiger partial charge in [-0.05, 0) is 42.7 Å². The normalized spacial score (nSPS) is 11.0. The molecule has 0 aliphatic rings. The fraction of sp³-hybridized carbons (Fsp3) is 0.229. The van der Waals surface area contributed by atoms with E-state index in [1.807, 2.05) is 62.4 Å². The third-order valence-electron chi connectivity index (χ3n) is 7.10. The molecule has 0 radical (unpaired) electrons. The van der Waals surface area contributed by atoms with Crippen LogP contribution in [0.2, 0.25) is 0 Å². The molecule has 4 N–H and O–H groups in total. The summed E-state index contributed by atoms with van der Waals surface area (Å²) >= 11 is 0. The number of aromatic nitrogens is 2. The first-order valence-electron chi connectivity index (χ1n) is 14.6. The lowest BCUT2D eigenvalue weighted by atomic mass is 9.74. The van der Waals surface area contributed by atoms with E-state index in [1.165, 1.54) is 0 Å². The smallest absolute Gasteiger partial charge is 0.244 e. The highest BCUT2D eigenvalue weighted by atomic mass is 16.5. The Kier molecular flexibility index (Phi) is 12.5. The van der Waals surface area contributed by atoms with E-state index in [1.54, 1.807) is 48.2 Å². The van der Waals surface area contributed by atoms with E-state index in [0.717, 1.165) is 10.8 Å². The van der Waals surface area contributed by atoms with E-state index in [-0.39, 0.29) is 18.4 Å². The van der Waals surface area contributed by atoms with E-state index >= 15 is 0 Å². The molecule has 0 spiro atoms. The number of rotatable bonds is 13. The van der Waals surface area contributed by atoms with Crippen LogP contribution >= 0.6 is 0 Å². The quantitative estimate of drug-likeness (QED) is 0.0429. The van der Waals surface area contributed by atoms with Gasteiger partial charge in [-0.2, -0.15) is 0 Å². The fourth-order valence-corrected chi connectivity index (χ4v) is 4.89. The summed E-state index contributed by atoms with van der Waals surface area (Å²) in [4.78, 5) is 49.1. The Morgan fingerprint density at radius 3 is 1.84 bits per heavy atom. The van der Waals surface area contributed by atoms with Crippen molar-refractivity contribution in [2.45, 2.75) is 46.0 Å². The maximum Gasteiger partial charge on any atom is 0.244 e. The predicted molar refractivity (Wildman–Crippen MR) is 176 cm³/mol. The largest absolute Gasteiger partial charge is 0.323 e. The number of unbranched alkanes of at least 4 members (excludes halogenated alkanes) is 2. The molecule has 44 heavy (non-hydrogen) atoms. The minimum absolute atomic E-state index is 0.0993. The molecule has 228 valence electrons. The molecule has 0 atom stereocenters. The van der Waals surface area contributed by atoms with Crippen molar-refractivity contribution in [1.29, 1.82) is 0 Å². The van der Waals surface area contributed by atoms with Crippen molar-refractivity contribution in [3.05, 3.63) is 110 Å². The number of fused-ring (bicyclic) bond motifs is 2. The lowest BCUT2D eigenvalue weighted by Crippen LogP contribution is -2.47. The van der Waals surface area contributed by atoms with Crippen LogP contribution < -0.4 is 16.1 Å². The predicted octanol–water partition coefficient (Wildman–Crippen LogP) is 7.13. The molecule has 9 heteroatoms. The lowest BCUT2D eigenvalue weighted by molar-refractivity contribution is -0.135. The molecule has 0 unspecified atom stereocenters. The van der Waals surface area contributed by atoms with E-state index in [0.29, 0.717) is 41.7 Å². The van der Waals surface area contributed by atoms with Crippen molar-refractivity contribution in [3.63, 3.8) is 0 Å². The Labute approximate surface area is 257 Å². The zero-order valence-corrected chi connectivity index (χ0v) is 25.2. The van der Waals surface area contributed by atoms with Crippen LogP contribution in [0.25, 0.3) is 21.8 Å². The van der Waals surface area contributed by atoms with Crippen molar-refractivity contribution in [2.24, 2.45) is 5.41 Å². The van der Waals surface area contributed by atoms with Crippen LogP contribution in [0.15, 0.2) is 110 Å². The van der Waals surface area contributed by atoms with Gasteiger partial charge in [0.1, 0.15) is 0 Å². The number of hydrogen-bond acceptors (Lipinski definition) is 6. The van der Waals surface area contributed by atoms with Gasteiger partial charge in [-0.3, -0.25) is 29.6 Å². The molecule has 4 aromatic rings. The molecule has 2 aromatic heterocycles. The molecule has 0 aliphatic heterocycles. The third kappa shape index (κ3) is 7.81. The molecule has 3 amide bonds. The van der Waals surface area contributed by atoms with Crippen molar-refractivity contribution in [2.75, 3.05) is 10.6 Å². The molecule has 0 aliphatic carbocycles. The topological polar surface area (TPSA) is 133 Å². The Hall–Kier alpha value is -5.15. The number of carbonyl (C=O) groups excluding carboxylic acids is 3. The van der Waals surface area contributed by atoms with Gasteiger partial charge in [0.25, 0.3) is 0 Å². The van der Waals surface area contributed by atoms with Crippen LogP contribution in [0, 0.1) is 5.41 Å². The molecule has 0 bridgehead atoms. The molecule has 2 heterocycles. The van der Waals surface area contributed by atoms with Crippen molar-refractivity contribution in [1.82, 2.24) is 15.4 Å². The summed E-state index contributed by atoms with van der Waals surface area (Å²) in [7, 11) is 0. The summed E-state index contributed by atoms with van der Waals surface area (Å²) in [6.45, 7) is 11.9. The number of amides is 3. The van der Waals surface area contributed by atoms with E-state index in [2.05, 4.69) is 33.8 Å². The number of anilines is 2. The van der Waals surface area contributed by atoms with Gasteiger partial charge in [0, 0.05) is 29.6 Å². The molecule has 0 saturated heterocycles. The number of pyridine rings is 2. The van der Waals surface area contributed by atoms with Gasteiger partial charge in [-0.15, -0.1) is 0 Å². The number of benzene rings is 2. The Morgan fingerprint density at radius 2 is 1.34 bits per heavy atom. The van der Waals surface area contributed by atoms with Crippen LogP contribution in [0.1, 0.15) is 46.0 Å². The Balaban J connectivity index is 0.00000259. The number of hydroxylamine groups is 1. The van der Waals surface area contributed by atoms with Crippen LogP contribution in [-0.2, 0) is 14.4 Å². The van der Waals surface area contributed by atoms with Gasteiger partial charge in [0.05, 0.1) is 22.4 Å². The average molecular weight is 594 g/mol. The SMILES string of the molecule is C=C/C=C\C(=C)C(CCCCCC(=O)NO)(C(=O)Nc1cccc2cccnc12)C(=O)Nc1cccc2cccnc12.CC. The first-order chi connectivity index (χ1) is 21.4. The lowest BCUT2D eigenvalue weighted by Gasteiger charge is -2.32. The number of carbonyl (C=O) groups is 3. The van der Waals surface area contributed by atoms with Crippen LogP contribution in [-0.4, -0.2) is 32.9 Å². The number of para-hydroxylation sites is 2. The highest BCUT2D eigenvalue weighted by molar-refractivity contribution is 6.19. The van der Waals surface area contributed by atoms with Crippen LogP contribution in [0.3, 0.4) is 0 Å². The Morgan fingerprint density at radius 1 is 0.818 bits per heavy atom. The number of nitrogens with one attached hydrogen (secondary N) is 3. The molecular formula is C35H39N5O4. The molecule has 0 saturated carbocycles. The van der Waals surface area contributed by atoms with Crippen molar-refractivity contribution in [3.8, 4) is 0 Å². The van der Waals surface area contributed by atoms with Crippen molar-refractivity contribution < 1.29 is 19.6 Å². The van der Waals surface area contributed by atoms with Gasteiger partial charge in [0.2, 0.25) is 17.7 Å². The number of allylic oxidation sites excluding steroid dienone is 3. The fourth-order valence-electron chi connectivity index (χ4n) is 4.89. The van der Waals surface area contributed by atoms with Gasteiger partial charge in [-0.1, -0.05) is 94.5 Å². The summed E-state index contributed by atoms with van der Waals surface area (Å²) in [6.07, 6.45) is 9.67. The molecule has 0 fully saturated rings. The van der Waals surface area contributed by atoms with E-state index < -0.39 is 23.1 Å². The summed E-state index contributed by atoms with van der Waals surface area (Å²) in [5.74, 6) is -1.64. The zero-order valence-electron chi connectivity index (χ0n) is 25.2. The monoisotopic (exact) mass is 593 g/mol. The molecule has 4 rings (SSSR count). The van der Waals surface area contributed by atoms with E-state index in [9.17, 15) is 14.4 Å². The average Bonchev–Trinajstić information content (AvgIpc) is 3.06. The highest BCUT2D eigenvalue weighted by Crippen LogP contribution is 2.38. The maximum absolute atomic E-state index is 14.4. The first-order valence-corrected chi connectivity index (χ1v) is 14.6. The van der Waals surface area contributed by atoms with Gasteiger partial charge in [0.15, 0.2) is 5.41 Å². The molecule has 2 aromatic carbocycles. The highest BCUT2D eigenvalue weighted by Gasteiger charge is 2.47. The second kappa shape index (κ2) is 16.5. The van der Waals surface area contributed by atoms with Crippen LogP contribution in [0.4, 0.5) is 11.4 Å². The second-order valence-corrected chi connectivity index (χ2v) is 9.79. The molecular weight excluding hydrogens is 554 g/mol. The minimum atomic E-state index is -1.74. The summed E-state index contributed by atoms with van der Waals surface area (Å²) in [6, 6.07) is 18.3. The standard InChI is InChI=1S/C33H33N5O4.C2H6/c1-3-4-12-23(2)33(20-7-5-6-19-28(39)38-42,31(40)36-26-17-8-13-24-15-10-21-34-29(24)26)32(41)37-27-18-9-14-25-16-11-22-35-30(25)27;1-2/h3-4,8-18,21-22,42H,1-2,5-7,19-20H2,(H,36,40)(H,37,41)(H,38,39);1-2H3/b12-4-;. The summed E-state index contributed by atoms with van der Waals surface area (Å²) < 4.78 is 0. The van der Waals surface area contributed by atoms with Crippen molar-refractivity contribution >= 4 is 50.9 Å². The zero-order chi connectivity index (χ0) is 32.0. The van der Waals surface area contributed by atoms with E-state index in [4.69, 9.17) is 5.21 Å². The van der Waals surface area contributed by atoms with Crippen LogP contribution in [0.5, 0.6) is 0 Å². The minimum Gasteiger partial charge on any atom is -0.323 e. The maximum atomic E-state index is 14.4. The molecule has 9 nitrogen and oxygen atoms in total. The summed E-state index contributed by atoms with van der Waals surface area (Å²) in [5, 5.41) is 16.4. The number of nitrogens with zero attached hydrogens (tertiary/aromatic N) is 2. The number of hydrogen-bond donors (Lipinski definition) is 4. The third-order valence-corrected chi connectivity index (χ3v) is 7.10. The summed E-state index contributed by atoms with van der Waals surface area (Å²) in [5.41, 5.74) is 2.24. The Bertz CT molecular complexity index is 1560. The van der Waals surface area contributed by atoms with Gasteiger partial charge in [-0.25, -0.2) is 5.48 Å².